The molecule has 26 heavy (non-hydrogen) atoms. The van der Waals surface area contributed by atoms with E-state index < -0.39 is 0 Å². The van der Waals surface area contributed by atoms with Crippen molar-refractivity contribution in [3.05, 3.63) is 21.9 Å². The predicted octanol–water partition coefficient (Wildman–Crippen LogP) is 2.52. The number of hydrogen-bond acceptors (Lipinski definition) is 5. The van der Waals surface area contributed by atoms with Gasteiger partial charge in [-0.3, -0.25) is 9.69 Å². The average molecular weight is 379 g/mol. The highest BCUT2D eigenvalue weighted by molar-refractivity contribution is 7.12. The van der Waals surface area contributed by atoms with E-state index in [-0.39, 0.29) is 17.4 Å². The van der Waals surface area contributed by atoms with Crippen LogP contribution in [0, 0.1) is 12.3 Å². The molecular formula is C20H30N2O3S. The van der Waals surface area contributed by atoms with Gasteiger partial charge in [-0.2, -0.15) is 0 Å². The lowest BCUT2D eigenvalue weighted by atomic mass is 9.71. The van der Waals surface area contributed by atoms with Crippen LogP contribution in [0.5, 0.6) is 0 Å². The number of likely N-dealkylation sites (tertiary alicyclic amines) is 2. The number of rotatable bonds is 2. The lowest BCUT2D eigenvalue weighted by Gasteiger charge is -2.51. The van der Waals surface area contributed by atoms with Gasteiger partial charge in [-0.05, 0) is 61.5 Å². The molecule has 3 aliphatic rings. The number of carbonyl (C=O) groups excluding carboxylic acids is 1. The summed E-state index contributed by atoms with van der Waals surface area (Å²) in [5.74, 6) is 0.185. The summed E-state index contributed by atoms with van der Waals surface area (Å²) in [6.07, 6.45) is 4.79. The minimum absolute atomic E-state index is 0.164. The number of β-amino-alcohol motifs (C(OH)–C–C–N with tert-alkyl or cyclic N) is 1. The second-order valence-electron chi connectivity index (χ2n) is 8.36. The third-order valence-electron chi connectivity index (χ3n) is 6.53. The molecule has 6 heteroatoms. The summed E-state index contributed by atoms with van der Waals surface area (Å²) in [6, 6.07) is 2.57. The van der Waals surface area contributed by atoms with E-state index >= 15 is 0 Å². The number of aliphatic hydroxyl groups excluding tert-OH is 1. The monoisotopic (exact) mass is 378 g/mol. The summed E-state index contributed by atoms with van der Waals surface area (Å²) >= 11 is 1.55. The summed E-state index contributed by atoms with van der Waals surface area (Å²) in [5.41, 5.74) is 1.25. The standard InChI is InChI=1S/C20H30N2O3S/c1-15-4-11-26-18(15)19(24)21-7-5-20(6-8-21)12-17(23)13-22(14-20)16-2-9-25-10-3-16/h4,11,16-17,23H,2-3,5-10,12-14H2,1H3. The SMILES string of the molecule is Cc1ccsc1C(=O)N1CCC2(CC1)CC(O)CN(C1CCOCC1)C2. The fourth-order valence-electron chi connectivity index (χ4n) is 5.01. The van der Waals surface area contributed by atoms with Crippen molar-refractivity contribution in [3.63, 3.8) is 0 Å². The van der Waals surface area contributed by atoms with Gasteiger partial charge < -0.3 is 14.7 Å². The van der Waals surface area contributed by atoms with Crippen LogP contribution in [-0.2, 0) is 4.74 Å². The van der Waals surface area contributed by atoms with Crippen LogP contribution >= 0.6 is 11.3 Å². The molecule has 144 valence electrons. The van der Waals surface area contributed by atoms with Crippen molar-refractivity contribution in [2.45, 2.75) is 51.2 Å². The molecule has 1 spiro atoms. The third-order valence-corrected chi connectivity index (χ3v) is 7.53. The first kappa shape index (κ1) is 18.4. The highest BCUT2D eigenvalue weighted by atomic mass is 32.1. The van der Waals surface area contributed by atoms with E-state index in [2.05, 4.69) is 4.90 Å². The second kappa shape index (κ2) is 7.58. The average Bonchev–Trinajstić information content (AvgIpc) is 3.08. The molecule has 3 aliphatic heterocycles. The molecule has 0 radical (unpaired) electrons. The Morgan fingerprint density at radius 1 is 1.31 bits per heavy atom. The molecule has 1 aromatic heterocycles. The van der Waals surface area contributed by atoms with Crippen molar-refractivity contribution < 1.29 is 14.6 Å². The summed E-state index contributed by atoms with van der Waals surface area (Å²) in [6.45, 7) is 7.17. The van der Waals surface area contributed by atoms with Crippen LogP contribution < -0.4 is 0 Å². The van der Waals surface area contributed by atoms with Crippen molar-refractivity contribution in [1.29, 1.82) is 0 Å². The molecule has 1 atom stereocenters. The molecule has 0 saturated carbocycles. The molecule has 1 aromatic rings. The molecular weight excluding hydrogens is 348 g/mol. The van der Waals surface area contributed by atoms with Crippen molar-refractivity contribution in [2.24, 2.45) is 5.41 Å². The van der Waals surface area contributed by atoms with Gasteiger partial charge in [0.15, 0.2) is 0 Å². The Kier molecular flexibility index (Phi) is 5.37. The van der Waals surface area contributed by atoms with Crippen LogP contribution in [0.25, 0.3) is 0 Å². The lowest BCUT2D eigenvalue weighted by Crippen LogP contribution is -2.57. The number of aryl methyl sites for hydroxylation is 1. The summed E-state index contributed by atoms with van der Waals surface area (Å²) < 4.78 is 5.51. The maximum Gasteiger partial charge on any atom is 0.264 e. The van der Waals surface area contributed by atoms with Crippen LogP contribution in [0.3, 0.4) is 0 Å². The number of piperidine rings is 2. The van der Waals surface area contributed by atoms with Crippen LogP contribution in [0.15, 0.2) is 11.4 Å². The fraction of sp³-hybridized carbons (Fsp3) is 0.750. The van der Waals surface area contributed by atoms with Gasteiger partial charge in [0.05, 0.1) is 11.0 Å². The van der Waals surface area contributed by atoms with Gasteiger partial charge in [-0.1, -0.05) is 0 Å². The Morgan fingerprint density at radius 3 is 2.69 bits per heavy atom. The molecule has 5 nitrogen and oxygen atoms in total. The fourth-order valence-corrected chi connectivity index (χ4v) is 5.90. The van der Waals surface area contributed by atoms with Crippen LogP contribution in [0.1, 0.15) is 47.3 Å². The van der Waals surface area contributed by atoms with Gasteiger partial charge in [-0.25, -0.2) is 0 Å². The molecule has 3 fully saturated rings. The Hall–Kier alpha value is -0.950. The first-order valence-electron chi connectivity index (χ1n) is 9.90. The predicted molar refractivity (Wildman–Crippen MR) is 103 cm³/mol. The number of thiophene rings is 1. The van der Waals surface area contributed by atoms with E-state index in [1.54, 1.807) is 11.3 Å². The zero-order valence-corrected chi connectivity index (χ0v) is 16.5. The lowest BCUT2D eigenvalue weighted by molar-refractivity contribution is -0.0694. The number of hydrogen-bond donors (Lipinski definition) is 1. The first-order valence-corrected chi connectivity index (χ1v) is 10.8. The van der Waals surface area contributed by atoms with Gasteiger partial charge in [0.25, 0.3) is 5.91 Å². The van der Waals surface area contributed by atoms with E-state index in [0.29, 0.717) is 6.04 Å². The van der Waals surface area contributed by atoms with E-state index in [1.807, 2.05) is 23.3 Å². The molecule has 1 unspecified atom stereocenters. The van der Waals surface area contributed by atoms with Gasteiger partial charge in [0, 0.05) is 45.4 Å². The maximum absolute atomic E-state index is 12.8. The van der Waals surface area contributed by atoms with Crippen LogP contribution in [0.4, 0.5) is 0 Å². The number of carbonyl (C=O) groups is 1. The molecule has 0 aromatic carbocycles. The second-order valence-corrected chi connectivity index (χ2v) is 9.27. The number of ether oxygens (including phenoxy) is 1. The zero-order chi connectivity index (χ0) is 18.1. The number of amides is 1. The smallest absolute Gasteiger partial charge is 0.264 e. The number of aliphatic hydroxyl groups is 1. The molecule has 3 saturated heterocycles. The molecule has 1 N–H and O–H groups in total. The third kappa shape index (κ3) is 3.70. The molecule has 4 heterocycles. The van der Waals surface area contributed by atoms with E-state index in [4.69, 9.17) is 4.74 Å². The topological polar surface area (TPSA) is 53.0 Å². The zero-order valence-electron chi connectivity index (χ0n) is 15.7. The quantitative estimate of drug-likeness (QED) is 0.859. The van der Waals surface area contributed by atoms with Crippen molar-refractivity contribution in [2.75, 3.05) is 39.4 Å². The highest BCUT2D eigenvalue weighted by Gasteiger charge is 2.44. The van der Waals surface area contributed by atoms with Crippen LogP contribution in [0.2, 0.25) is 0 Å². The van der Waals surface area contributed by atoms with E-state index in [9.17, 15) is 9.90 Å². The Labute approximate surface area is 159 Å². The molecule has 4 rings (SSSR count). The Bertz CT molecular complexity index is 633. The summed E-state index contributed by atoms with van der Waals surface area (Å²) in [4.78, 5) is 18.2. The normalized spacial score (nSPS) is 27.8. The Morgan fingerprint density at radius 2 is 2.04 bits per heavy atom. The van der Waals surface area contributed by atoms with Gasteiger partial charge >= 0.3 is 0 Å². The number of nitrogens with zero attached hydrogens (tertiary/aromatic N) is 2. The van der Waals surface area contributed by atoms with Crippen molar-refractivity contribution in [1.82, 2.24) is 9.80 Å². The highest BCUT2D eigenvalue weighted by Crippen LogP contribution is 2.41. The van der Waals surface area contributed by atoms with Crippen LogP contribution in [-0.4, -0.2) is 72.4 Å². The Balaban J connectivity index is 1.40. The maximum atomic E-state index is 12.8. The van der Waals surface area contributed by atoms with Gasteiger partial charge in [-0.15, -0.1) is 11.3 Å². The first-order chi connectivity index (χ1) is 12.6. The molecule has 0 bridgehead atoms. The van der Waals surface area contributed by atoms with Gasteiger partial charge in [0.1, 0.15) is 0 Å². The van der Waals surface area contributed by atoms with E-state index in [0.717, 1.165) is 81.9 Å². The summed E-state index contributed by atoms with van der Waals surface area (Å²) in [5, 5.41) is 12.5. The van der Waals surface area contributed by atoms with Crippen molar-refractivity contribution in [3.8, 4) is 0 Å². The van der Waals surface area contributed by atoms with Crippen molar-refractivity contribution >= 4 is 17.2 Å². The van der Waals surface area contributed by atoms with Gasteiger partial charge in [0.2, 0.25) is 0 Å². The largest absolute Gasteiger partial charge is 0.392 e. The minimum atomic E-state index is -0.242. The van der Waals surface area contributed by atoms with E-state index in [1.165, 1.54) is 0 Å². The molecule has 1 amide bonds. The minimum Gasteiger partial charge on any atom is -0.392 e. The summed E-state index contributed by atoms with van der Waals surface area (Å²) in [7, 11) is 0. The molecule has 0 aliphatic carbocycles.